The Morgan fingerprint density at radius 1 is 1.12 bits per heavy atom. The van der Waals surface area contributed by atoms with E-state index in [2.05, 4.69) is 25.1 Å². The van der Waals surface area contributed by atoms with Gasteiger partial charge in [-0.1, -0.05) is 0 Å². The second kappa shape index (κ2) is 6.11. The molecule has 3 aromatic rings. The topological polar surface area (TPSA) is 66.9 Å². The van der Waals surface area contributed by atoms with E-state index < -0.39 is 0 Å². The van der Waals surface area contributed by atoms with E-state index in [9.17, 15) is 0 Å². The van der Waals surface area contributed by atoms with Gasteiger partial charge in [0, 0.05) is 24.5 Å². The van der Waals surface area contributed by atoms with Gasteiger partial charge < -0.3 is 9.64 Å². The van der Waals surface area contributed by atoms with Crippen LogP contribution in [0.2, 0.25) is 0 Å². The van der Waals surface area contributed by atoms with Crippen LogP contribution in [-0.4, -0.2) is 39.4 Å². The Hall–Kier alpha value is -2.63. The molecule has 1 aliphatic rings. The number of benzene rings is 1. The summed E-state index contributed by atoms with van der Waals surface area (Å²) >= 11 is 0. The van der Waals surface area contributed by atoms with Gasteiger partial charge in [0.1, 0.15) is 23.6 Å². The average Bonchev–Trinajstić information content (AvgIpc) is 3.24. The number of nitrogens with one attached hydrogen (secondary N) is 1. The Morgan fingerprint density at radius 2 is 1.96 bits per heavy atom. The number of nitrogens with zero attached hydrogens (tertiary/aromatic N) is 4. The van der Waals surface area contributed by atoms with Crippen molar-refractivity contribution in [3.8, 4) is 17.1 Å². The lowest BCUT2D eigenvalue weighted by Crippen LogP contribution is -2.19. The van der Waals surface area contributed by atoms with E-state index in [-0.39, 0.29) is 6.10 Å². The van der Waals surface area contributed by atoms with Gasteiger partial charge >= 0.3 is 0 Å². The third-order valence-corrected chi connectivity index (χ3v) is 4.23. The minimum atomic E-state index is 0.138. The van der Waals surface area contributed by atoms with Crippen molar-refractivity contribution >= 4 is 16.7 Å². The third kappa shape index (κ3) is 2.79. The molecule has 0 radical (unpaired) electrons. The van der Waals surface area contributed by atoms with E-state index in [0.29, 0.717) is 0 Å². The highest BCUT2D eigenvalue weighted by Crippen LogP contribution is 2.30. The molecule has 1 fully saturated rings. The van der Waals surface area contributed by atoms with Gasteiger partial charge in [0.15, 0.2) is 0 Å². The summed E-state index contributed by atoms with van der Waals surface area (Å²) in [7, 11) is 0. The summed E-state index contributed by atoms with van der Waals surface area (Å²) in [6, 6.07) is 7.99. The number of rotatable bonds is 4. The van der Waals surface area contributed by atoms with Gasteiger partial charge in [-0.3, -0.25) is 5.10 Å². The molecule has 124 valence electrons. The first kappa shape index (κ1) is 14.9. The van der Waals surface area contributed by atoms with Crippen molar-refractivity contribution in [3.63, 3.8) is 0 Å². The largest absolute Gasteiger partial charge is 0.491 e. The van der Waals surface area contributed by atoms with Crippen molar-refractivity contribution in [2.45, 2.75) is 32.8 Å². The highest BCUT2D eigenvalue weighted by Gasteiger charge is 2.16. The van der Waals surface area contributed by atoms with Crippen molar-refractivity contribution in [1.82, 2.24) is 20.2 Å². The Labute approximate surface area is 140 Å². The number of hydrogen-bond donors (Lipinski definition) is 1. The Balaban J connectivity index is 1.74. The van der Waals surface area contributed by atoms with E-state index in [1.54, 1.807) is 6.33 Å². The molecule has 6 nitrogen and oxygen atoms in total. The lowest BCUT2D eigenvalue weighted by Gasteiger charge is -2.16. The Bertz CT molecular complexity index is 851. The lowest BCUT2D eigenvalue weighted by atomic mass is 10.1. The molecule has 1 saturated heterocycles. The van der Waals surface area contributed by atoms with Crippen LogP contribution in [0.4, 0.5) is 5.82 Å². The molecule has 0 bridgehead atoms. The van der Waals surface area contributed by atoms with E-state index in [4.69, 9.17) is 4.74 Å². The number of H-pyrrole nitrogens is 1. The molecule has 1 N–H and O–H groups in total. The van der Waals surface area contributed by atoms with Gasteiger partial charge in [-0.05, 0) is 44.9 Å². The van der Waals surface area contributed by atoms with Gasteiger partial charge in [-0.15, -0.1) is 0 Å². The molecule has 4 rings (SSSR count). The number of fused-ring (bicyclic) bond motifs is 1. The standard InChI is InChI=1S/C18H21N5O/c1-12(2)24-13-5-6-15-14(9-13)18(22-21-15)16-10-17(20-11-19-16)23-7-3-4-8-23/h5-6,9-12H,3-4,7-8H2,1-2H3,(H,21,22). The summed E-state index contributed by atoms with van der Waals surface area (Å²) in [5.74, 6) is 1.82. The molecule has 0 aliphatic carbocycles. The summed E-state index contributed by atoms with van der Waals surface area (Å²) in [5, 5.41) is 8.55. The lowest BCUT2D eigenvalue weighted by molar-refractivity contribution is 0.243. The van der Waals surface area contributed by atoms with Gasteiger partial charge in [0.2, 0.25) is 0 Å². The normalized spacial score (nSPS) is 14.7. The highest BCUT2D eigenvalue weighted by molar-refractivity contribution is 5.93. The second-order valence-electron chi connectivity index (χ2n) is 6.40. The fourth-order valence-corrected chi connectivity index (χ4v) is 3.13. The molecule has 1 aromatic carbocycles. The van der Waals surface area contributed by atoms with E-state index in [1.165, 1.54) is 12.8 Å². The van der Waals surface area contributed by atoms with E-state index in [0.717, 1.165) is 46.9 Å². The van der Waals surface area contributed by atoms with Crippen LogP contribution >= 0.6 is 0 Å². The number of aromatic amines is 1. The minimum Gasteiger partial charge on any atom is -0.491 e. The van der Waals surface area contributed by atoms with Crippen LogP contribution in [0.15, 0.2) is 30.6 Å². The molecule has 0 saturated carbocycles. The number of hydrogen-bond acceptors (Lipinski definition) is 5. The molecule has 2 aromatic heterocycles. The molecule has 0 unspecified atom stereocenters. The van der Waals surface area contributed by atoms with Crippen LogP contribution in [0.3, 0.4) is 0 Å². The van der Waals surface area contributed by atoms with Crippen molar-refractivity contribution in [3.05, 3.63) is 30.6 Å². The predicted molar refractivity (Wildman–Crippen MR) is 94.3 cm³/mol. The quantitative estimate of drug-likeness (QED) is 0.797. The van der Waals surface area contributed by atoms with Crippen LogP contribution < -0.4 is 9.64 Å². The molecule has 24 heavy (non-hydrogen) atoms. The summed E-state index contributed by atoms with van der Waals surface area (Å²) < 4.78 is 5.80. The summed E-state index contributed by atoms with van der Waals surface area (Å²) in [5.41, 5.74) is 2.64. The maximum Gasteiger partial charge on any atom is 0.132 e. The SMILES string of the molecule is CC(C)Oc1ccc2[nH]nc(-c3cc(N4CCCC4)ncn3)c2c1. The summed E-state index contributed by atoms with van der Waals surface area (Å²) in [4.78, 5) is 11.2. The first-order chi connectivity index (χ1) is 11.7. The summed E-state index contributed by atoms with van der Waals surface area (Å²) in [6.45, 7) is 6.16. The third-order valence-electron chi connectivity index (χ3n) is 4.23. The van der Waals surface area contributed by atoms with Gasteiger partial charge in [0.05, 0.1) is 17.3 Å². The van der Waals surface area contributed by atoms with Crippen molar-refractivity contribution in [2.24, 2.45) is 0 Å². The zero-order valence-corrected chi connectivity index (χ0v) is 14.0. The minimum absolute atomic E-state index is 0.138. The second-order valence-corrected chi connectivity index (χ2v) is 6.40. The molecule has 0 atom stereocenters. The molecule has 3 heterocycles. The average molecular weight is 323 g/mol. The van der Waals surface area contributed by atoms with Crippen molar-refractivity contribution < 1.29 is 4.74 Å². The molecular formula is C18H21N5O. The maximum atomic E-state index is 5.80. The van der Waals surface area contributed by atoms with Crippen LogP contribution in [0.1, 0.15) is 26.7 Å². The molecule has 6 heteroatoms. The van der Waals surface area contributed by atoms with Crippen LogP contribution in [0.25, 0.3) is 22.3 Å². The van der Waals surface area contributed by atoms with Crippen molar-refractivity contribution in [2.75, 3.05) is 18.0 Å². The van der Waals surface area contributed by atoms with Gasteiger partial charge in [-0.25, -0.2) is 9.97 Å². The Morgan fingerprint density at radius 3 is 2.75 bits per heavy atom. The van der Waals surface area contributed by atoms with Crippen molar-refractivity contribution in [1.29, 1.82) is 0 Å². The number of aromatic nitrogens is 4. The summed E-state index contributed by atoms with van der Waals surface area (Å²) in [6.07, 6.45) is 4.21. The molecule has 1 aliphatic heterocycles. The predicted octanol–water partition coefficient (Wildman–Crippen LogP) is 3.41. The monoisotopic (exact) mass is 323 g/mol. The molecule has 0 spiro atoms. The first-order valence-electron chi connectivity index (χ1n) is 8.43. The van der Waals surface area contributed by atoms with E-state index >= 15 is 0 Å². The Kier molecular flexibility index (Phi) is 3.80. The smallest absolute Gasteiger partial charge is 0.132 e. The number of anilines is 1. The van der Waals surface area contributed by atoms with E-state index in [1.807, 2.05) is 38.1 Å². The maximum absolute atomic E-state index is 5.80. The fraction of sp³-hybridized carbons (Fsp3) is 0.389. The molecule has 0 amide bonds. The zero-order valence-electron chi connectivity index (χ0n) is 14.0. The van der Waals surface area contributed by atoms with Gasteiger partial charge in [-0.2, -0.15) is 5.10 Å². The number of ether oxygens (including phenoxy) is 1. The first-order valence-corrected chi connectivity index (χ1v) is 8.43. The van der Waals surface area contributed by atoms with Gasteiger partial charge in [0.25, 0.3) is 0 Å². The van der Waals surface area contributed by atoms with Crippen LogP contribution in [-0.2, 0) is 0 Å². The zero-order chi connectivity index (χ0) is 16.5. The highest BCUT2D eigenvalue weighted by atomic mass is 16.5. The van der Waals surface area contributed by atoms with Crippen LogP contribution in [0.5, 0.6) is 5.75 Å². The van der Waals surface area contributed by atoms with Crippen LogP contribution in [0, 0.1) is 0 Å². The fourth-order valence-electron chi connectivity index (χ4n) is 3.13. The molecular weight excluding hydrogens is 302 g/mol.